The zero-order valence-corrected chi connectivity index (χ0v) is 4.03. The molecule has 0 unspecified atom stereocenters. The molecule has 32 valence electrons. The third-order valence-electron chi connectivity index (χ3n) is 0.0500. The molecular weight excluding hydrogens is 99.5 g/mol. The number of alkyl halides is 1. The minimum absolute atomic E-state index is 1.24. The minimum Gasteiger partial charge on any atom is -0.181 e. The van der Waals surface area contributed by atoms with Gasteiger partial charge < -0.3 is 0 Å². The van der Waals surface area contributed by atoms with E-state index in [-0.39, 0.29) is 0 Å². The van der Waals surface area contributed by atoms with Crippen LogP contribution in [0.4, 0.5) is 0 Å². The predicted octanol–water partition coefficient (Wildman–Crippen LogP) is 0.889. The topological polar surface area (TPSA) is 47.6 Å². The van der Waals surface area contributed by atoms with Gasteiger partial charge in [0.1, 0.15) is 0 Å². The summed E-state index contributed by atoms with van der Waals surface area (Å²) in [7, 11) is 0. The molecular formula is C3H3ClN2. The highest BCUT2D eigenvalue weighted by Gasteiger charge is 1.39. The van der Waals surface area contributed by atoms with Gasteiger partial charge in [0.2, 0.25) is 0 Å². The van der Waals surface area contributed by atoms with Crippen LogP contribution in [0.1, 0.15) is 0 Å². The first-order valence-electron chi connectivity index (χ1n) is 1.08. The lowest BCUT2D eigenvalue weighted by atomic mass is 10.9. The number of nitrogens with zero attached hydrogens (tertiary/aromatic N) is 2. The summed E-state index contributed by atoms with van der Waals surface area (Å²) in [6, 6.07) is 2.47. The van der Waals surface area contributed by atoms with Gasteiger partial charge in [0.15, 0.2) is 12.1 Å². The molecule has 0 spiro atoms. The molecule has 6 heavy (non-hydrogen) atoms. The average Bonchev–Trinajstić information content (AvgIpc) is 1.72. The van der Waals surface area contributed by atoms with E-state index in [9.17, 15) is 0 Å². The van der Waals surface area contributed by atoms with Crippen LogP contribution in [0.2, 0.25) is 0 Å². The Morgan fingerprint density at radius 1 is 1.17 bits per heavy atom. The fourth-order valence-electron chi connectivity index (χ4n) is 0. The van der Waals surface area contributed by atoms with Crippen molar-refractivity contribution in [1.29, 1.82) is 10.5 Å². The Morgan fingerprint density at radius 3 is 1.33 bits per heavy atom. The first-order chi connectivity index (χ1) is 2.91. The third kappa shape index (κ3) is 231. The smallest absolute Gasteiger partial charge is 0.181 e. The van der Waals surface area contributed by atoms with Gasteiger partial charge in [-0.3, -0.25) is 0 Å². The second kappa shape index (κ2) is 28.3. The second-order valence-corrected chi connectivity index (χ2v) is 0.224. The lowest BCUT2D eigenvalue weighted by Gasteiger charge is -1.16. The first-order valence-corrected chi connectivity index (χ1v) is 1.83. The summed E-state index contributed by atoms with van der Waals surface area (Å²) < 4.78 is 0. The molecule has 0 aliphatic heterocycles. The van der Waals surface area contributed by atoms with Gasteiger partial charge in [0.25, 0.3) is 0 Å². The summed E-state index contributed by atoms with van der Waals surface area (Å²) in [6.07, 6.45) is 1.47. The molecule has 0 N–H and O–H groups in total. The fourth-order valence-corrected chi connectivity index (χ4v) is 0. The Labute approximate surface area is 41.6 Å². The molecule has 0 rings (SSSR count). The second-order valence-electron chi connectivity index (χ2n) is 0.224. The van der Waals surface area contributed by atoms with Gasteiger partial charge in [-0.1, -0.05) is 0 Å². The van der Waals surface area contributed by atoms with E-state index in [1.54, 1.807) is 0 Å². The van der Waals surface area contributed by atoms with Crippen LogP contribution in [0.3, 0.4) is 0 Å². The highest BCUT2D eigenvalue weighted by molar-refractivity contribution is 6.15. The number of nitriles is 2. The Balaban J connectivity index is 0. The van der Waals surface area contributed by atoms with Crippen molar-refractivity contribution in [1.82, 2.24) is 0 Å². The molecule has 0 aliphatic rings. The van der Waals surface area contributed by atoms with Gasteiger partial charge in [-0.15, -0.1) is 11.6 Å². The zero-order valence-electron chi connectivity index (χ0n) is 3.27. The van der Waals surface area contributed by atoms with Crippen molar-refractivity contribution in [2.45, 2.75) is 0 Å². The molecule has 0 aromatic carbocycles. The normalized spacial score (nSPS) is 2.67. The number of rotatable bonds is 0. The molecule has 0 fully saturated rings. The van der Waals surface area contributed by atoms with Crippen LogP contribution < -0.4 is 0 Å². The van der Waals surface area contributed by atoms with Crippen molar-refractivity contribution < 1.29 is 0 Å². The van der Waals surface area contributed by atoms with E-state index >= 15 is 0 Å². The molecule has 0 amide bonds. The summed E-state index contributed by atoms with van der Waals surface area (Å²) in [5.41, 5.74) is 0. The van der Waals surface area contributed by atoms with Crippen LogP contribution in [-0.2, 0) is 0 Å². The van der Waals surface area contributed by atoms with Crippen molar-refractivity contribution in [3.8, 4) is 12.1 Å². The predicted molar refractivity (Wildman–Crippen MR) is 23.0 cm³/mol. The van der Waals surface area contributed by atoms with E-state index in [1.807, 2.05) is 0 Å². The Bertz CT molecular complexity index is 63.8. The molecule has 0 aromatic heterocycles. The van der Waals surface area contributed by atoms with Gasteiger partial charge in [-0.05, 0) is 0 Å². The standard InChI is InChI=1S/C2N2.CH3Cl/c3-1-2-4;1-2/h;1H3. The maximum atomic E-state index is 7.26. The lowest BCUT2D eigenvalue weighted by molar-refractivity contribution is 1.49. The van der Waals surface area contributed by atoms with Gasteiger partial charge in [-0.2, -0.15) is 10.5 Å². The van der Waals surface area contributed by atoms with Gasteiger partial charge >= 0.3 is 0 Å². The molecule has 0 saturated carbocycles. The minimum atomic E-state index is 1.24. The molecule has 0 heterocycles. The largest absolute Gasteiger partial charge is 0.181 e. The van der Waals surface area contributed by atoms with Crippen molar-refractivity contribution >= 4 is 11.6 Å². The van der Waals surface area contributed by atoms with Crippen LogP contribution in [-0.4, -0.2) is 6.38 Å². The SMILES string of the molecule is CCl.N#CC#N. The summed E-state index contributed by atoms with van der Waals surface area (Å²) >= 11 is 4.64. The molecule has 0 aliphatic carbocycles. The maximum absolute atomic E-state index is 7.26. The fraction of sp³-hybridized carbons (Fsp3) is 0.333. The monoisotopic (exact) mass is 102 g/mol. The molecule has 3 heteroatoms. The first kappa shape index (κ1) is 8.99. The van der Waals surface area contributed by atoms with Gasteiger partial charge in [0.05, 0.1) is 0 Å². The number of halogens is 1. The zero-order chi connectivity index (χ0) is 5.41. The van der Waals surface area contributed by atoms with Crippen LogP contribution >= 0.6 is 11.6 Å². The van der Waals surface area contributed by atoms with E-state index in [2.05, 4.69) is 11.6 Å². The Hall–Kier alpha value is -0.730. The summed E-state index contributed by atoms with van der Waals surface area (Å²) in [5.74, 6) is 0. The van der Waals surface area contributed by atoms with Crippen LogP contribution in [0.15, 0.2) is 0 Å². The van der Waals surface area contributed by atoms with E-state index in [4.69, 9.17) is 10.5 Å². The summed E-state index contributed by atoms with van der Waals surface area (Å²) in [4.78, 5) is 0. The van der Waals surface area contributed by atoms with Crippen molar-refractivity contribution in [2.75, 3.05) is 6.38 Å². The van der Waals surface area contributed by atoms with E-state index in [1.165, 1.54) is 18.5 Å². The lowest BCUT2D eigenvalue weighted by Crippen LogP contribution is -1.26. The highest BCUT2D eigenvalue weighted by atomic mass is 35.5. The van der Waals surface area contributed by atoms with E-state index in [0.717, 1.165) is 0 Å². The molecule has 2 nitrogen and oxygen atoms in total. The quantitative estimate of drug-likeness (QED) is 0.427. The summed E-state index contributed by atoms with van der Waals surface area (Å²) in [6.45, 7) is 0. The van der Waals surface area contributed by atoms with Crippen LogP contribution in [0.5, 0.6) is 0 Å². The Kier molecular flexibility index (Phi) is 42.4. The van der Waals surface area contributed by atoms with E-state index < -0.39 is 0 Å². The van der Waals surface area contributed by atoms with Crippen molar-refractivity contribution in [3.63, 3.8) is 0 Å². The summed E-state index contributed by atoms with van der Waals surface area (Å²) in [5, 5.41) is 14.5. The van der Waals surface area contributed by atoms with Gasteiger partial charge in [0, 0.05) is 6.38 Å². The van der Waals surface area contributed by atoms with Gasteiger partial charge in [-0.25, -0.2) is 0 Å². The third-order valence-corrected chi connectivity index (χ3v) is 0.0500. The Morgan fingerprint density at radius 2 is 1.33 bits per heavy atom. The van der Waals surface area contributed by atoms with Crippen molar-refractivity contribution in [3.05, 3.63) is 0 Å². The van der Waals surface area contributed by atoms with Crippen LogP contribution in [0, 0.1) is 22.7 Å². The molecule has 0 radical (unpaired) electrons. The highest BCUT2D eigenvalue weighted by Crippen LogP contribution is 1.34. The van der Waals surface area contributed by atoms with E-state index in [0.29, 0.717) is 0 Å². The molecule has 0 saturated heterocycles. The number of hydrogen-bond donors (Lipinski definition) is 0. The maximum Gasteiger partial charge on any atom is 0.181 e. The van der Waals surface area contributed by atoms with Crippen molar-refractivity contribution in [2.24, 2.45) is 0 Å². The molecule has 0 bridgehead atoms. The average molecular weight is 103 g/mol. The number of hydrogen-bond acceptors (Lipinski definition) is 2. The van der Waals surface area contributed by atoms with Crippen LogP contribution in [0.25, 0.3) is 0 Å². The molecule has 0 aromatic rings. The molecule has 0 atom stereocenters.